The van der Waals surface area contributed by atoms with E-state index in [9.17, 15) is 10.2 Å². The number of halogens is 1. The molecule has 6 N–H and O–H groups in total. The summed E-state index contributed by atoms with van der Waals surface area (Å²) in [6.45, 7) is 5.77. The third-order valence-corrected chi connectivity index (χ3v) is 9.01. The monoisotopic (exact) mass is 784 g/mol. The van der Waals surface area contributed by atoms with E-state index in [2.05, 4.69) is 77.3 Å². The number of nitrogens with zero attached hydrogens (tertiary/aromatic N) is 7. The number of aliphatic hydroxyl groups excluding tert-OH is 1. The maximum absolute atomic E-state index is 11.2. The lowest BCUT2D eigenvalue weighted by Gasteiger charge is -2.12. The lowest BCUT2D eigenvalue weighted by atomic mass is 10.0. The highest BCUT2D eigenvalue weighted by Crippen LogP contribution is 2.43. The number of nitrogens with one attached hydrogen (secondary N) is 3. The largest absolute Gasteiger partial charge is 0.506 e. The number of phenols is 2. The molecule has 0 spiro atoms. The summed E-state index contributed by atoms with van der Waals surface area (Å²) < 4.78 is 11.4. The first-order chi connectivity index (χ1) is 27.6. The van der Waals surface area contributed by atoms with Crippen LogP contribution in [0.15, 0.2) is 111 Å². The number of phenolic OH excluding ortho intramolecular Hbond substituents is 2. The average molecular weight is 785 g/mol. The Morgan fingerprint density at radius 3 is 2.21 bits per heavy atom. The number of hydrogen-bond acceptors (Lipinski definition) is 15. The number of aryl methyl sites for hydroxylation is 3. The van der Waals surface area contributed by atoms with E-state index in [0.29, 0.717) is 39.5 Å². The number of hydrogen-bond donors (Lipinski definition) is 6. The van der Waals surface area contributed by atoms with Crippen LogP contribution in [-0.2, 0) is 0 Å². The molecule has 57 heavy (non-hydrogen) atoms. The van der Waals surface area contributed by atoms with Crippen LogP contribution in [0.2, 0.25) is 5.28 Å². The summed E-state index contributed by atoms with van der Waals surface area (Å²) >= 11 is 5.94. The molecule has 0 radical (unpaired) electrons. The molecule has 7 rings (SSSR count). The van der Waals surface area contributed by atoms with Gasteiger partial charge in [0.15, 0.2) is 12.5 Å². The second kappa shape index (κ2) is 16.7. The van der Waals surface area contributed by atoms with Crippen molar-refractivity contribution in [3.05, 3.63) is 113 Å². The first-order valence-corrected chi connectivity index (χ1v) is 18.0. The van der Waals surface area contributed by atoms with Crippen molar-refractivity contribution in [1.29, 1.82) is 0 Å². The number of anilines is 4. The number of ether oxygens (including phenoxy) is 2. The molecule has 0 amide bonds. The van der Waals surface area contributed by atoms with Crippen LogP contribution in [0.3, 0.4) is 0 Å². The van der Waals surface area contributed by atoms with Gasteiger partial charge in [0.2, 0.25) is 17.2 Å². The molecule has 0 unspecified atom stereocenters. The molecule has 0 aliphatic rings. The molecule has 0 saturated heterocycles. The van der Waals surface area contributed by atoms with E-state index >= 15 is 0 Å². The van der Waals surface area contributed by atoms with Gasteiger partial charge >= 0.3 is 0 Å². The average Bonchev–Trinajstić information content (AvgIpc) is 3.18. The summed E-state index contributed by atoms with van der Waals surface area (Å²) in [5.74, 6) is 1.06. The van der Waals surface area contributed by atoms with Gasteiger partial charge in [-0.3, -0.25) is 0 Å². The maximum Gasteiger partial charge on any atom is 0.233 e. The first kappa shape index (κ1) is 38.2. The van der Waals surface area contributed by atoms with Crippen LogP contribution in [0, 0.1) is 20.8 Å². The van der Waals surface area contributed by atoms with Gasteiger partial charge in [0, 0.05) is 28.9 Å². The van der Waals surface area contributed by atoms with Crippen molar-refractivity contribution in [2.24, 2.45) is 20.5 Å². The third-order valence-electron chi connectivity index (χ3n) is 8.84. The van der Waals surface area contributed by atoms with Crippen LogP contribution >= 0.6 is 11.6 Å². The van der Waals surface area contributed by atoms with Crippen LogP contribution in [0.4, 0.5) is 46.0 Å². The first-order valence-electron chi connectivity index (χ1n) is 17.6. The lowest BCUT2D eigenvalue weighted by Crippen LogP contribution is -2.09. The normalized spacial score (nSPS) is 11.5. The van der Waals surface area contributed by atoms with E-state index in [1.54, 1.807) is 30.3 Å². The molecule has 0 bridgehead atoms. The van der Waals surface area contributed by atoms with Crippen LogP contribution in [-0.4, -0.2) is 50.8 Å². The SMILES string of the molecule is COc1cc(N=Nc2c(C)cc3cc(NCOc4ccc(Nc5nc(Cl)nc(NCO)n5)cc4)ccc3c2O)c(O)cc1N=Nc1ccc2c(C)cc(C)cc2c1. The predicted octanol–water partition coefficient (Wildman–Crippen LogP) is 10.6. The maximum atomic E-state index is 11.2. The Kier molecular flexibility index (Phi) is 11.2. The van der Waals surface area contributed by atoms with Crippen molar-refractivity contribution in [3.63, 3.8) is 0 Å². The summed E-state index contributed by atoms with van der Waals surface area (Å²) in [5, 5.41) is 60.8. The Balaban J connectivity index is 1.00. The van der Waals surface area contributed by atoms with Crippen molar-refractivity contribution in [3.8, 4) is 23.0 Å². The molecule has 16 heteroatoms. The lowest BCUT2D eigenvalue weighted by molar-refractivity contribution is 0.324. The molecule has 1 heterocycles. The highest BCUT2D eigenvalue weighted by molar-refractivity contribution is 6.28. The van der Waals surface area contributed by atoms with Gasteiger partial charge in [-0.25, -0.2) is 0 Å². The van der Waals surface area contributed by atoms with Gasteiger partial charge < -0.3 is 40.7 Å². The Morgan fingerprint density at radius 2 is 1.42 bits per heavy atom. The van der Waals surface area contributed by atoms with Gasteiger partial charge in [-0.1, -0.05) is 23.8 Å². The zero-order valence-corrected chi connectivity index (χ0v) is 32.0. The molecule has 0 saturated carbocycles. The van der Waals surface area contributed by atoms with Crippen LogP contribution < -0.4 is 25.4 Å². The number of methoxy groups -OCH3 is 1. The van der Waals surface area contributed by atoms with Gasteiger partial charge in [0.05, 0.1) is 12.8 Å². The van der Waals surface area contributed by atoms with E-state index in [0.717, 1.165) is 27.4 Å². The number of fused-ring (bicyclic) bond motifs is 2. The molecular weight excluding hydrogens is 748 g/mol. The summed E-state index contributed by atoms with van der Waals surface area (Å²) in [4.78, 5) is 12.1. The van der Waals surface area contributed by atoms with E-state index in [1.165, 1.54) is 24.8 Å². The molecule has 6 aromatic carbocycles. The number of aromatic nitrogens is 3. The smallest absolute Gasteiger partial charge is 0.233 e. The summed E-state index contributed by atoms with van der Waals surface area (Å²) in [6.07, 6.45) is 0. The fourth-order valence-electron chi connectivity index (χ4n) is 6.15. The highest BCUT2D eigenvalue weighted by Gasteiger charge is 2.14. The molecule has 1 aromatic heterocycles. The number of aromatic hydroxyl groups is 2. The zero-order valence-electron chi connectivity index (χ0n) is 31.2. The molecular formula is C41H37ClN10O5. The van der Waals surface area contributed by atoms with E-state index in [-0.39, 0.29) is 53.5 Å². The zero-order chi connectivity index (χ0) is 40.1. The Hall–Kier alpha value is -7.10. The quantitative estimate of drug-likeness (QED) is 0.0479. The predicted molar refractivity (Wildman–Crippen MR) is 221 cm³/mol. The molecule has 0 aliphatic carbocycles. The van der Waals surface area contributed by atoms with Gasteiger partial charge in [-0.2, -0.15) is 20.1 Å². The standard InChI is InChI=1S/C41H37ClN10O5/c1-22-13-23(2)31-11-8-29(17-25(31)14-22)49-51-34-18-35(54)33(19-36(34)56-4)50-52-37-24(3)15-26-16-28(7-12-32(26)38(37)55)44-21-57-30-9-5-27(6-10-30)45-41-47-39(42)46-40(48-41)43-20-53/h5-19,44,53-55H,20-21H2,1-4H3,(H2,43,45,46,47,48). The summed E-state index contributed by atoms with van der Waals surface area (Å²) in [7, 11) is 1.49. The van der Waals surface area contributed by atoms with E-state index in [1.807, 2.05) is 43.3 Å². The minimum Gasteiger partial charge on any atom is -0.506 e. The molecule has 288 valence electrons. The number of rotatable bonds is 13. The van der Waals surface area contributed by atoms with Crippen LogP contribution in [0.5, 0.6) is 23.0 Å². The molecule has 0 fully saturated rings. The minimum absolute atomic E-state index is 0.0250. The Bertz CT molecular complexity index is 2670. The van der Waals surface area contributed by atoms with Gasteiger partial charge in [-0.15, -0.1) is 15.3 Å². The Labute approximate surface area is 331 Å². The van der Waals surface area contributed by atoms with Crippen molar-refractivity contribution >= 4 is 79.2 Å². The number of azo groups is 2. The van der Waals surface area contributed by atoms with Crippen LogP contribution in [0.1, 0.15) is 16.7 Å². The van der Waals surface area contributed by atoms with Gasteiger partial charge in [-0.05, 0) is 120 Å². The number of aliphatic hydroxyl groups is 1. The van der Waals surface area contributed by atoms with Crippen molar-refractivity contribution in [2.45, 2.75) is 20.8 Å². The van der Waals surface area contributed by atoms with Gasteiger partial charge in [0.25, 0.3) is 0 Å². The molecule has 0 aliphatic heterocycles. The van der Waals surface area contributed by atoms with E-state index in [4.69, 9.17) is 26.2 Å². The molecule has 7 aromatic rings. The molecule has 15 nitrogen and oxygen atoms in total. The molecule has 0 atom stereocenters. The second-order valence-electron chi connectivity index (χ2n) is 12.9. The second-order valence-corrected chi connectivity index (χ2v) is 13.3. The van der Waals surface area contributed by atoms with Crippen molar-refractivity contribution in [2.75, 3.05) is 36.5 Å². The Morgan fingerprint density at radius 1 is 0.684 bits per heavy atom. The summed E-state index contributed by atoms with van der Waals surface area (Å²) in [6, 6.07) is 27.6. The van der Waals surface area contributed by atoms with Gasteiger partial charge in [0.1, 0.15) is 41.0 Å². The fourth-order valence-corrected chi connectivity index (χ4v) is 6.31. The van der Waals surface area contributed by atoms with E-state index < -0.39 is 0 Å². The fraction of sp³-hybridized carbons (Fsp3) is 0.146. The highest BCUT2D eigenvalue weighted by atomic mass is 35.5. The number of benzene rings is 6. The topological polar surface area (TPSA) is 203 Å². The minimum atomic E-state index is -0.348. The summed E-state index contributed by atoms with van der Waals surface area (Å²) in [5.41, 5.74) is 5.84. The van der Waals surface area contributed by atoms with Crippen molar-refractivity contribution in [1.82, 2.24) is 15.0 Å². The van der Waals surface area contributed by atoms with Crippen LogP contribution in [0.25, 0.3) is 21.5 Å². The van der Waals surface area contributed by atoms with Crippen molar-refractivity contribution < 1.29 is 24.8 Å². The third kappa shape index (κ3) is 8.91.